The normalized spacial score (nSPS) is 11.6. The molecule has 0 aliphatic heterocycles. The van der Waals surface area contributed by atoms with E-state index in [9.17, 15) is 8.42 Å². The third-order valence-corrected chi connectivity index (χ3v) is 5.54. The molecule has 0 unspecified atom stereocenters. The van der Waals surface area contributed by atoms with E-state index < -0.39 is 10.0 Å². The lowest BCUT2D eigenvalue weighted by Crippen LogP contribution is -2.15. The number of hydrogen-bond acceptors (Lipinski definition) is 3. The van der Waals surface area contributed by atoms with Gasteiger partial charge in [0.25, 0.3) is 10.0 Å². The summed E-state index contributed by atoms with van der Waals surface area (Å²) in [6, 6.07) is 14.2. The fourth-order valence-corrected chi connectivity index (χ4v) is 4.26. The molecule has 0 saturated heterocycles. The van der Waals surface area contributed by atoms with Crippen LogP contribution in [0.1, 0.15) is 12.5 Å². The zero-order valence-corrected chi connectivity index (χ0v) is 14.9. The molecule has 1 heterocycles. The molecule has 0 aliphatic carbocycles. The Morgan fingerprint density at radius 3 is 2.74 bits per heavy atom. The van der Waals surface area contributed by atoms with Crippen molar-refractivity contribution >= 4 is 42.5 Å². The monoisotopic (exact) mass is 390 g/mol. The van der Waals surface area contributed by atoms with Crippen LogP contribution in [0.25, 0.3) is 10.9 Å². The Labute approximate surface area is 143 Å². The summed E-state index contributed by atoms with van der Waals surface area (Å²) in [5.74, 6) is 0. The molecule has 4 nitrogen and oxygen atoms in total. The molecule has 118 valence electrons. The molecule has 1 N–H and O–H groups in total. The lowest BCUT2D eigenvalue weighted by atomic mass is 10.2. The van der Waals surface area contributed by atoms with Gasteiger partial charge in [0.1, 0.15) is 0 Å². The van der Waals surface area contributed by atoms with Crippen molar-refractivity contribution in [1.29, 1.82) is 0 Å². The highest BCUT2D eigenvalue weighted by Gasteiger charge is 2.19. The second-order valence-electron chi connectivity index (χ2n) is 5.09. The lowest BCUT2D eigenvalue weighted by molar-refractivity contribution is 0.600. The van der Waals surface area contributed by atoms with Crippen molar-refractivity contribution in [3.05, 3.63) is 64.8 Å². The van der Waals surface area contributed by atoms with Crippen molar-refractivity contribution in [2.45, 2.75) is 18.2 Å². The molecule has 0 bridgehead atoms. The summed E-state index contributed by atoms with van der Waals surface area (Å²) in [5.41, 5.74) is 2.05. The van der Waals surface area contributed by atoms with Crippen LogP contribution in [-0.4, -0.2) is 13.4 Å². The third kappa shape index (κ3) is 3.23. The van der Waals surface area contributed by atoms with E-state index in [-0.39, 0.29) is 0 Å². The first-order chi connectivity index (χ1) is 11.0. The van der Waals surface area contributed by atoms with Crippen LogP contribution >= 0.6 is 15.9 Å². The highest BCUT2D eigenvalue weighted by molar-refractivity contribution is 9.10. The molecule has 23 heavy (non-hydrogen) atoms. The van der Waals surface area contributed by atoms with Gasteiger partial charge >= 0.3 is 0 Å². The van der Waals surface area contributed by atoms with E-state index in [2.05, 4.69) is 25.6 Å². The number of aromatic nitrogens is 1. The number of fused-ring (bicyclic) bond motifs is 1. The number of pyridine rings is 1. The van der Waals surface area contributed by atoms with Crippen LogP contribution in [0.3, 0.4) is 0 Å². The number of rotatable bonds is 4. The van der Waals surface area contributed by atoms with E-state index in [0.29, 0.717) is 17.0 Å². The number of hydrogen-bond donors (Lipinski definition) is 1. The molecule has 6 heteroatoms. The second kappa shape index (κ2) is 6.29. The quantitative estimate of drug-likeness (QED) is 0.719. The summed E-state index contributed by atoms with van der Waals surface area (Å²) in [7, 11) is -3.66. The summed E-state index contributed by atoms with van der Waals surface area (Å²) in [6.45, 7) is 1.93. The summed E-state index contributed by atoms with van der Waals surface area (Å²) < 4.78 is 29.1. The third-order valence-electron chi connectivity index (χ3n) is 3.58. The number of nitrogens with zero attached hydrogens (tertiary/aromatic N) is 1. The van der Waals surface area contributed by atoms with Crippen molar-refractivity contribution in [3.63, 3.8) is 0 Å². The van der Waals surface area contributed by atoms with Crippen molar-refractivity contribution in [2.24, 2.45) is 0 Å². The van der Waals surface area contributed by atoms with Gasteiger partial charge in [0, 0.05) is 16.1 Å². The van der Waals surface area contributed by atoms with E-state index >= 15 is 0 Å². The highest BCUT2D eigenvalue weighted by Crippen LogP contribution is 2.27. The van der Waals surface area contributed by atoms with E-state index in [1.807, 2.05) is 25.1 Å². The predicted molar refractivity (Wildman–Crippen MR) is 96.1 cm³/mol. The van der Waals surface area contributed by atoms with Gasteiger partial charge in [0.2, 0.25) is 0 Å². The maximum absolute atomic E-state index is 12.8. The zero-order valence-electron chi connectivity index (χ0n) is 12.5. The highest BCUT2D eigenvalue weighted by atomic mass is 79.9. The van der Waals surface area contributed by atoms with Gasteiger partial charge in [-0.15, -0.1) is 0 Å². The van der Waals surface area contributed by atoms with Crippen LogP contribution in [0.4, 0.5) is 5.69 Å². The molecule has 0 spiro atoms. The maximum atomic E-state index is 12.8. The number of anilines is 1. The number of benzene rings is 2. The average molecular weight is 391 g/mol. The van der Waals surface area contributed by atoms with E-state index in [0.717, 1.165) is 20.9 Å². The Bertz CT molecular complexity index is 966. The minimum atomic E-state index is -3.66. The standard InChI is InChI=1S/C17H15BrN2O2S/c1-2-12-11-13(18)8-9-17(12)23(21,22)20-16-7-3-6-15-14(16)5-4-10-19-15/h3-11,20H,2H2,1H3. The fourth-order valence-electron chi connectivity index (χ4n) is 2.48. The molecule has 1 aromatic heterocycles. The van der Waals surface area contributed by atoms with Gasteiger partial charge in [-0.05, 0) is 54.4 Å². The van der Waals surface area contributed by atoms with Gasteiger partial charge in [-0.25, -0.2) is 8.42 Å². The van der Waals surface area contributed by atoms with E-state index in [4.69, 9.17) is 0 Å². The van der Waals surface area contributed by atoms with Crippen LogP contribution < -0.4 is 4.72 Å². The summed E-state index contributed by atoms with van der Waals surface area (Å²) in [6.07, 6.45) is 2.32. The molecule has 0 amide bonds. The van der Waals surface area contributed by atoms with Gasteiger partial charge in [-0.2, -0.15) is 0 Å². The zero-order chi connectivity index (χ0) is 16.4. The fraction of sp³-hybridized carbons (Fsp3) is 0.118. The summed E-state index contributed by atoms with van der Waals surface area (Å²) >= 11 is 3.38. The Hall–Kier alpha value is -1.92. The first-order valence-electron chi connectivity index (χ1n) is 7.16. The number of halogens is 1. The largest absolute Gasteiger partial charge is 0.279 e. The average Bonchev–Trinajstić information content (AvgIpc) is 2.54. The molecule has 0 atom stereocenters. The maximum Gasteiger partial charge on any atom is 0.262 e. The van der Waals surface area contributed by atoms with E-state index in [1.54, 1.807) is 36.5 Å². The molecule has 0 radical (unpaired) electrons. The first-order valence-corrected chi connectivity index (χ1v) is 9.44. The molecule has 0 fully saturated rings. The van der Waals surface area contributed by atoms with Crippen molar-refractivity contribution < 1.29 is 8.42 Å². The summed E-state index contributed by atoms with van der Waals surface area (Å²) in [5, 5.41) is 0.772. The molecule has 2 aromatic carbocycles. The van der Waals surface area contributed by atoms with Crippen molar-refractivity contribution in [2.75, 3.05) is 4.72 Å². The molecular formula is C17H15BrN2O2S. The van der Waals surface area contributed by atoms with Crippen molar-refractivity contribution in [1.82, 2.24) is 4.98 Å². The van der Waals surface area contributed by atoms with Gasteiger partial charge in [-0.1, -0.05) is 28.9 Å². The second-order valence-corrected chi connectivity index (χ2v) is 7.65. The predicted octanol–water partition coefficient (Wildman–Crippen LogP) is 4.36. The van der Waals surface area contributed by atoms with Crippen LogP contribution in [-0.2, 0) is 16.4 Å². The van der Waals surface area contributed by atoms with Gasteiger partial charge < -0.3 is 0 Å². The van der Waals surface area contributed by atoms with E-state index in [1.165, 1.54) is 0 Å². The number of sulfonamides is 1. The Morgan fingerprint density at radius 1 is 1.13 bits per heavy atom. The molecule has 0 saturated carbocycles. The molecular weight excluding hydrogens is 376 g/mol. The van der Waals surface area contributed by atoms with Gasteiger partial charge in [0.05, 0.1) is 16.1 Å². The smallest absolute Gasteiger partial charge is 0.262 e. The summed E-state index contributed by atoms with van der Waals surface area (Å²) in [4.78, 5) is 4.54. The van der Waals surface area contributed by atoms with Crippen molar-refractivity contribution in [3.8, 4) is 0 Å². The molecule has 3 aromatic rings. The first kappa shape index (κ1) is 16.0. The van der Waals surface area contributed by atoms with Crippen LogP contribution in [0.2, 0.25) is 0 Å². The minimum Gasteiger partial charge on any atom is -0.279 e. The van der Waals surface area contributed by atoms with Crippen LogP contribution in [0, 0.1) is 0 Å². The Balaban J connectivity index is 2.07. The Kier molecular flexibility index (Phi) is 4.37. The number of aryl methyl sites for hydroxylation is 1. The van der Waals surface area contributed by atoms with Gasteiger partial charge in [-0.3, -0.25) is 9.71 Å². The molecule has 0 aliphatic rings. The topological polar surface area (TPSA) is 59.1 Å². The SMILES string of the molecule is CCc1cc(Br)ccc1S(=O)(=O)Nc1cccc2ncccc12. The van der Waals surface area contributed by atoms with Crippen LogP contribution in [0.5, 0.6) is 0 Å². The van der Waals surface area contributed by atoms with Gasteiger partial charge in [0.15, 0.2) is 0 Å². The molecule has 3 rings (SSSR count). The number of nitrogens with one attached hydrogen (secondary N) is 1. The van der Waals surface area contributed by atoms with Crippen LogP contribution in [0.15, 0.2) is 64.1 Å². The minimum absolute atomic E-state index is 0.295. The Morgan fingerprint density at radius 2 is 1.96 bits per heavy atom. The lowest BCUT2D eigenvalue weighted by Gasteiger charge is -2.13.